The number of thiophene rings is 1. The SMILES string of the molecule is N#Cc1cc(F)cc(S(=O)(=O)c2cc(F)ccc2-c2csc3ncccc23)c1. The molecule has 0 aliphatic rings. The fourth-order valence-electron chi connectivity index (χ4n) is 2.93. The highest BCUT2D eigenvalue weighted by molar-refractivity contribution is 7.91. The minimum atomic E-state index is -4.29. The Kier molecular flexibility index (Phi) is 4.41. The van der Waals surface area contributed by atoms with E-state index in [4.69, 9.17) is 5.26 Å². The number of nitriles is 1. The highest BCUT2D eigenvalue weighted by Crippen LogP contribution is 2.38. The summed E-state index contributed by atoms with van der Waals surface area (Å²) in [6.45, 7) is 0. The second kappa shape index (κ2) is 6.78. The van der Waals surface area contributed by atoms with Crippen molar-refractivity contribution in [3.8, 4) is 17.2 Å². The maximum absolute atomic E-state index is 14.0. The van der Waals surface area contributed by atoms with E-state index in [9.17, 15) is 17.2 Å². The van der Waals surface area contributed by atoms with Crippen molar-refractivity contribution in [1.29, 1.82) is 5.26 Å². The number of hydrogen-bond donors (Lipinski definition) is 0. The van der Waals surface area contributed by atoms with Gasteiger partial charge in [-0.25, -0.2) is 22.2 Å². The zero-order valence-electron chi connectivity index (χ0n) is 14.1. The van der Waals surface area contributed by atoms with Crippen LogP contribution in [0.2, 0.25) is 0 Å². The molecule has 8 heteroatoms. The first-order chi connectivity index (χ1) is 13.4. The molecule has 0 radical (unpaired) electrons. The lowest BCUT2D eigenvalue weighted by Crippen LogP contribution is -2.06. The lowest BCUT2D eigenvalue weighted by atomic mass is 10.1. The quantitative estimate of drug-likeness (QED) is 0.478. The van der Waals surface area contributed by atoms with Gasteiger partial charge in [-0.05, 0) is 42.5 Å². The van der Waals surface area contributed by atoms with Crippen LogP contribution in [-0.4, -0.2) is 13.4 Å². The summed E-state index contributed by atoms with van der Waals surface area (Å²) in [7, 11) is -4.29. The Morgan fingerprint density at radius 3 is 2.61 bits per heavy atom. The minimum Gasteiger partial charge on any atom is -0.245 e. The van der Waals surface area contributed by atoms with Gasteiger partial charge in [0, 0.05) is 28.1 Å². The number of pyridine rings is 1. The van der Waals surface area contributed by atoms with E-state index < -0.39 is 26.4 Å². The average Bonchev–Trinajstić information content (AvgIpc) is 3.11. The number of nitrogens with zero attached hydrogens (tertiary/aromatic N) is 2. The van der Waals surface area contributed by atoms with Crippen LogP contribution < -0.4 is 0 Å². The number of fused-ring (bicyclic) bond motifs is 1. The summed E-state index contributed by atoms with van der Waals surface area (Å²) in [6, 6.07) is 11.5. The van der Waals surface area contributed by atoms with Crippen molar-refractivity contribution in [3.05, 3.63) is 77.3 Å². The average molecular weight is 412 g/mol. The van der Waals surface area contributed by atoms with E-state index in [1.807, 2.05) is 0 Å². The van der Waals surface area contributed by atoms with Crippen LogP contribution in [-0.2, 0) is 9.84 Å². The highest BCUT2D eigenvalue weighted by Gasteiger charge is 2.25. The second-order valence-corrected chi connectivity index (χ2v) is 8.71. The molecule has 0 amide bonds. The van der Waals surface area contributed by atoms with Crippen molar-refractivity contribution < 1.29 is 17.2 Å². The molecule has 0 spiro atoms. The molecule has 0 atom stereocenters. The van der Waals surface area contributed by atoms with E-state index in [2.05, 4.69) is 4.98 Å². The van der Waals surface area contributed by atoms with Gasteiger partial charge >= 0.3 is 0 Å². The fourth-order valence-corrected chi connectivity index (χ4v) is 5.38. The van der Waals surface area contributed by atoms with Gasteiger partial charge in [0.1, 0.15) is 16.5 Å². The van der Waals surface area contributed by atoms with Gasteiger partial charge in [-0.3, -0.25) is 0 Å². The smallest absolute Gasteiger partial charge is 0.207 e. The van der Waals surface area contributed by atoms with E-state index >= 15 is 0 Å². The maximum atomic E-state index is 14.0. The first kappa shape index (κ1) is 18.2. The van der Waals surface area contributed by atoms with Gasteiger partial charge < -0.3 is 0 Å². The number of benzene rings is 2. The molecule has 28 heavy (non-hydrogen) atoms. The van der Waals surface area contributed by atoms with Crippen LogP contribution in [0.1, 0.15) is 5.56 Å². The Hall–Kier alpha value is -3.15. The molecule has 0 aliphatic heterocycles. The van der Waals surface area contributed by atoms with Crippen LogP contribution in [0.4, 0.5) is 8.78 Å². The summed E-state index contributed by atoms with van der Waals surface area (Å²) in [5, 5.41) is 11.5. The van der Waals surface area contributed by atoms with E-state index in [0.29, 0.717) is 10.4 Å². The van der Waals surface area contributed by atoms with Crippen LogP contribution >= 0.6 is 11.3 Å². The number of aromatic nitrogens is 1. The van der Waals surface area contributed by atoms with E-state index in [1.165, 1.54) is 23.5 Å². The van der Waals surface area contributed by atoms with Crippen LogP contribution in [0.25, 0.3) is 21.3 Å². The maximum Gasteiger partial charge on any atom is 0.207 e. The summed E-state index contributed by atoms with van der Waals surface area (Å²) in [4.78, 5) is 4.24. The molecule has 4 aromatic rings. The molecule has 0 bridgehead atoms. The summed E-state index contributed by atoms with van der Waals surface area (Å²) in [6.07, 6.45) is 1.63. The molecule has 4 nitrogen and oxygen atoms in total. The summed E-state index contributed by atoms with van der Waals surface area (Å²) < 4.78 is 54.2. The minimum absolute atomic E-state index is 0.137. The Labute approximate surface area is 163 Å². The number of rotatable bonds is 3. The van der Waals surface area contributed by atoms with Crippen LogP contribution in [0.15, 0.2) is 69.9 Å². The molecular formula is C20H10F2N2O2S2. The normalized spacial score (nSPS) is 11.5. The third kappa shape index (κ3) is 3.05. The summed E-state index contributed by atoms with van der Waals surface area (Å²) in [5.41, 5.74) is 0.730. The number of sulfone groups is 1. The first-order valence-electron chi connectivity index (χ1n) is 7.98. The second-order valence-electron chi connectivity index (χ2n) is 5.94. The van der Waals surface area contributed by atoms with E-state index in [1.54, 1.807) is 29.8 Å². The van der Waals surface area contributed by atoms with Gasteiger partial charge in [-0.2, -0.15) is 5.26 Å². The van der Waals surface area contributed by atoms with Crippen molar-refractivity contribution in [2.24, 2.45) is 0 Å². The lowest BCUT2D eigenvalue weighted by Gasteiger charge is -2.11. The molecule has 138 valence electrons. The number of halogens is 2. The molecular weight excluding hydrogens is 402 g/mol. The Morgan fingerprint density at radius 1 is 1.00 bits per heavy atom. The molecule has 0 unspecified atom stereocenters. The third-order valence-electron chi connectivity index (χ3n) is 4.18. The molecule has 4 rings (SSSR count). The van der Waals surface area contributed by atoms with E-state index in [-0.39, 0.29) is 16.0 Å². The molecule has 2 aromatic carbocycles. The fraction of sp³-hybridized carbons (Fsp3) is 0. The predicted octanol–water partition coefficient (Wildman–Crippen LogP) is 4.95. The molecule has 0 aliphatic carbocycles. The van der Waals surface area contributed by atoms with Gasteiger partial charge in [-0.1, -0.05) is 6.07 Å². The molecule has 0 saturated carbocycles. The predicted molar refractivity (Wildman–Crippen MR) is 102 cm³/mol. The van der Waals surface area contributed by atoms with Gasteiger partial charge in [0.25, 0.3) is 0 Å². The zero-order chi connectivity index (χ0) is 19.9. The monoisotopic (exact) mass is 412 g/mol. The number of hydrogen-bond acceptors (Lipinski definition) is 5. The first-order valence-corrected chi connectivity index (χ1v) is 10.3. The van der Waals surface area contributed by atoms with Crippen LogP contribution in [0.3, 0.4) is 0 Å². The van der Waals surface area contributed by atoms with Crippen molar-refractivity contribution in [2.45, 2.75) is 9.79 Å². The van der Waals surface area contributed by atoms with Gasteiger partial charge in [0.2, 0.25) is 9.84 Å². The van der Waals surface area contributed by atoms with Crippen molar-refractivity contribution in [2.75, 3.05) is 0 Å². The summed E-state index contributed by atoms with van der Waals surface area (Å²) in [5.74, 6) is -1.60. The zero-order valence-corrected chi connectivity index (χ0v) is 15.7. The van der Waals surface area contributed by atoms with Gasteiger partial charge in [0.15, 0.2) is 0 Å². The third-order valence-corrected chi connectivity index (χ3v) is 6.86. The van der Waals surface area contributed by atoms with Crippen molar-refractivity contribution in [3.63, 3.8) is 0 Å². The van der Waals surface area contributed by atoms with Crippen molar-refractivity contribution in [1.82, 2.24) is 4.98 Å². The highest BCUT2D eigenvalue weighted by atomic mass is 32.2. The van der Waals surface area contributed by atoms with Crippen molar-refractivity contribution >= 4 is 31.4 Å². The largest absolute Gasteiger partial charge is 0.245 e. The van der Waals surface area contributed by atoms with Gasteiger partial charge in [-0.15, -0.1) is 11.3 Å². The topological polar surface area (TPSA) is 70.8 Å². The summed E-state index contributed by atoms with van der Waals surface area (Å²) >= 11 is 1.33. The van der Waals surface area contributed by atoms with Crippen LogP contribution in [0.5, 0.6) is 0 Å². The lowest BCUT2D eigenvalue weighted by molar-refractivity contribution is 0.587. The molecule has 2 aromatic heterocycles. The standard InChI is InChI=1S/C20H10F2N2O2S2/c21-13-3-4-16(18-11-27-20-17(18)2-1-5-24-20)19(9-13)28(25,26)15-7-12(10-23)6-14(22)8-15/h1-9,11H. The Morgan fingerprint density at radius 2 is 1.82 bits per heavy atom. The Balaban J connectivity index is 2.00. The molecule has 0 fully saturated rings. The molecule has 0 N–H and O–H groups in total. The Bertz CT molecular complexity index is 1370. The van der Waals surface area contributed by atoms with E-state index in [0.717, 1.165) is 29.7 Å². The molecule has 2 heterocycles. The van der Waals surface area contributed by atoms with Gasteiger partial charge in [0.05, 0.1) is 21.4 Å². The molecule has 0 saturated heterocycles. The van der Waals surface area contributed by atoms with Crippen LogP contribution in [0, 0.1) is 23.0 Å².